The van der Waals surface area contributed by atoms with Gasteiger partial charge in [0.1, 0.15) is 0 Å². The Hall–Kier alpha value is -3.47. The van der Waals surface area contributed by atoms with E-state index in [1.165, 1.54) is 29.8 Å². The first-order valence-electron chi connectivity index (χ1n) is 8.69. The highest BCUT2D eigenvalue weighted by Gasteiger charge is 2.18. The molecule has 1 unspecified atom stereocenters. The number of aryl methyl sites for hydroxylation is 1. The van der Waals surface area contributed by atoms with Crippen LogP contribution in [0.1, 0.15) is 33.9 Å². The highest BCUT2D eigenvalue weighted by Crippen LogP contribution is 2.25. The molecule has 5 nitrogen and oxygen atoms in total. The van der Waals surface area contributed by atoms with Crippen molar-refractivity contribution in [2.45, 2.75) is 19.4 Å². The molecule has 1 N–H and O–H groups in total. The lowest BCUT2D eigenvalue weighted by atomic mass is 9.97. The van der Waals surface area contributed by atoms with Crippen molar-refractivity contribution in [1.29, 1.82) is 0 Å². The maximum absolute atomic E-state index is 12.7. The molecular weight excluding hydrogens is 340 g/mol. The van der Waals surface area contributed by atoms with Gasteiger partial charge in [0, 0.05) is 29.8 Å². The molecule has 0 fully saturated rings. The fourth-order valence-corrected chi connectivity index (χ4v) is 2.86. The van der Waals surface area contributed by atoms with Crippen molar-refractivity contribution < 1.29 is 9.72 Å². The van der Waals surface area contributed by atoms with Gasteiger partial charge in [-0.15, -0.1) is 0 Å². The van der Waals surface area contributed by atoms with E-state index in [0.29, 0.717) is 5.56 Å². The number of nitro groups is 1. The summed E-state index contributed by atoms with van der Waals surface area (Å²) in [6.07, 6.45) is 0.246. The van der Waals surface area contributed by atoms with Gasteiger partial charge < -0.3 is 5.32 Å². The molecule has 0 bridgehead atoms. The zero-order valence-electron chi connectivity index (χ0n) is 15.0. The molecule has 0 aliphatic rings. The number of rotatable bonds is 7. The van der Waals surface area contributed by atoms with Gasteiger partial charge in [0.05, 0.1) is 11.0 Å². The third-order valence-corrected chi connectivity index (χ3v) is 4.38. The quantitative estimate of drug-likeness (QED) is 0.351. The maximum Gasteiger partial charge on any atom is 0.269 e. The number of hydrogen-bond acceptors (Lipinski definition) is 4. The molecular formula is C22H20N2O3. The molecule has 0 aromatic heterocycles. The second-order valence-electron chi connectivity index (χ2n) is 6.40. The maximum atomic E-state index is 12.7. The zero-order chi connectivity index (χ0) is 19.2. The molecule has 1 atom stereocenters. The van der Waals surface area contributed by atoms with Crippen LogP contribution < -0.4 is 5.32 Å². The minimum Gasteiger partial charge on any atom is -0.378 e. The van der Waals surface area contributed by atoms with Crippen LogP contribution in [0.4, 0.5) is 11.4 Å². The van der Waals surface area contributed by atoms with Gasteiger partial charge in [-0.3, -0.25) is 14.9 Å². The van der Waals surface area contributed by atoms with E-state index in [1.54, 1.807) is 0 Å². The molecule has 0 heterocycles. The minimum atomic E-state index is -0.472. The molecule has 0 amide bonds. The molecule has 0 aliphatic heterocycles. The van der Waals surface area contributed by atoms with Gasteiger partial charge in [-0.1, -0.05) is 48.0 Å². The number of nitrogens with zero attached hydrogens (tertiary/aromatic N) is 1. The van der Waals surface area contributed by atoms with Gasteiger partial charge in [-0.25, -0.2) is 0 Å². The number of carbonyl (C=O) groups excluding carboxylic acids is 1. The van der Waals surface area contributed by atoms with Gasteiger partial charge in [-0.2, -0.15) is 0 Å². The number of carbonyl (C=O) groups is 1. The highest BCUT2D eigenvalue weighted by atomic mass is 16.6. The van der Waals surface area contributed by atoms with Crippen molar-refractivity contribution in [2.24, 2.45) is 0 Å². The van der Waals surface area contributed by atoms with Gasteiger partial charge in [-0.05, 0) is 36.8 Å². The lowest BCUT2D eigenvalue weighted by Crippen LogP contribution is -2.15. The van der Waals surface area contributed by atoms with Crippen LogP contribution in [0, 0.1) is 17.0 Å². The summed E-state index contributed by atoms with van der Waals surface area (Å²) < 4.78 is 0. The number of ketones is 1. The summed E-state index contributed by atoms with van der Waals surface area (Å²) in [4.78, 5) is 23.1. The smallest absolute Gasteiger partial charge is 0.269 e. The Morgan fingerprint density at radius 2 is 1.59 bits per heavy atom. The van der Waals surface area contributed by atoms with Crippen LogP contribution in [0.15, 0.2) is 78.9 Å². The number of Topliss-reactive ketones (excluding diaryl/α,β-unsaturated/α-hetero) is 1. The van der Waals surface area contributed by atoms with Crippen molar-refractivity contribution in [3.05, 3.63) is 106 Å². The van der Waals surface area contributed by atoms with Crippen LogP contribution in [0.3, 0.4) is 0 Å². The fourth-order valence-electron chi connectivity index (χ4n) is 2.86. The van der Waals surface area contributed by atoms with E-state index in [9.17, 15) is 14.9 Å². The third-order valence-electron chi connectivity index (χ3n) is 4.38. The van der Waals surface area contributed by atoms with E-state index in [0.717, 1.165) is 11.3 Å². The van der Waals surface area contributed by atoms with Crippen molar-refractivity contribution in [1.82, 2.24) is 0 Å². The van der Waals surface area contributed by atoms with E-state index in [-0.39, 0.29) is 23.9 Å². The molecule has 3 rings (SSSR count). The minimum absolute atomic E-state index is 0.0241. The van der Waals surface area contributed by atoms with Crippen LogP contribution >= 0.6 is 0 Å². The summed E-state index contributed by atoms with van der Waals surface area (Å²) in [5, 5.41) is 14.2. The normalized spacial score (nSPS) is 11.6. The van der Waals surface area contributed by atoms with Gasteiger partial charge in [0.2, 0.25) is 0 Å². The molecule has 0 radical (unpaired) electrons. The largest absolute Gasteiger partial charge is 0.378 e. The Morgan fingerprint density at radius 1 is 0.963 bits per heavy atom. The molecule has 5 heteroatoms. The second kappa shape index (κ2) is 8.27. The Morgan fingerprint density at radius 3 is 2.19 bits per heavy atom. The van der Waals surface area contributed by atoms with E-state index in [4.69, 9.17) is 0 Å². The SMILES string of the molecule is Cc1ccc(NC(CC(=O)c2ccc([N+](=O)[O-])cc2)c2ccccc2)cc1. The lowest BCUT2D eigenvalue weighted by molar-refractivity contribution is -0.384. The lowest BCUT2D eigenvalue weighted by Gasteiger charge is -2.20. The first kappa shape index (κ1) is 18.3. The number of nitrogens with one attached hydrogen (secondary N) is 1. The standard InChI is InChI=1S/C22H20N2O3/c1-16-7-11-19(12-8-16)23-21(17-5-3-2-4-6-17)15-22(25)18-9-13-20(14-10-18)24(26)27/h2-14,21,23H,15H2,1H3. The predicted octanol–water partition coefficient (Wildman–Crippen LogP) is 5.33. The van der Waals surface area contributed by atoms with Crippen molar-refractivity contribution in [3.63, 3.8) is 0 Å². The molecule has 0 saturated heterocycles. The second-order valence-corrected chi connectivity index (χ2v) is 6.40. The van der Waals surface area contributed by atoms with Gasteiger partial charge in [0.25, 0.3) is 5.69 Å². The number of nitro benzene ring substituents is 1. The van der Waals surface area contributed by atoms with E-state index < -0.39 is 4.92 Å². The molecule has 27 heavy (non-hydrogen) atoms. The third kappa shape index (κ3) is 4.79. The number of benzene rings is 3. The molecule has 0 spiro atoms. The van der Waals surface area contributed by atoms with Crippen LogP contribution in [-0.2, 0) is 0 Å². The average molecular weight is 360 g/mol. The topological polar surface area (TPSA) is 72.2 Å². The Balaban J connectivity index is 1.81. The molecule has 136 valence electrons. The molecule has 3 aromatic rings. The average Bonchev–Trinajstić information content (AvgIpc) is 2.70. The van der Waals surface area contributed by atoms with E-state index in [2.05, 4.69) is 5.32 Å². The number of hydrogen-bond donors (Lipinski definition) is 1. The summed E-state index contributed by atoms with van der Waals surface area (Å²) in [6.45, 7) is 2.02. The number of anilines is 1. The van der Waals surface area contributed by atoms with Crippen molar-refractivity contribution in [2.75, 3.05) is 5.32 Å². The fraction of sp³-hybridized carbons (Fsp3) is 0.136. The van der Waals surface area contributed by atoms with E-state index >= 15 is 0 Å². The predicted molar refractivity (Wildman–Crippen MR) is 106 cm³/mol. The Bertz CT molecular complexity index is 920. The van der Waals surface area contributed by atoms with Crippen LogP contribution in [0.2, 0.25) is 0 Å². The van der Waals surface area contributed by atoms with Crippen molar-refractivity contribution >= 4 is 17.2 Å². The van der Waals surface area contributed by atoms with Crippen molar-refractivity contribution in [3.8, 4) is 0 Å². The Kier molecular flexibility index (Phi) is 5.61. The summed E-state index contributed by atoms with van der Waals surface area (Å²) in [5.41, 5.74) is 3.55. The van der Waals surface area contributed by atoms with Gasteiger partial charge in [0.15, 0.2) is 5.78 Å². The monoisotopic (exact) mass is 360 g/mol. The Labute approximate surface area is 157 Å². The first-order valence-corrected chi connectivity index (χ1v) is 8.69. The van der Waals surface area contributed by atoms with Gasteiger partial charge >= 0.3 is 0 Å². The van der Waals surface area contributed by atoms with Crippen LogP contribution in [0.5, 0.6) is 0 Å². The van der Waals surface area contributed by atoms with Crippen LogP contribution in [-0.4, -0.2) is 10.7 Å². The van der Waals surface area contributed by atoms with Crippen LogP contribution in [0.25, 0.3) is 0 Å². The summed E-state index contributed by atoms with van der Waals surface area (Å²) in [7, 11) is 0. The summed E-state index contributed by atoms with van der Waals surface area (Å²) in [5.74, 6) is -0.0710. The first-order chi connectivity index (χ1) is 13.0. The number of non-ortho nitro benzene ring substituents is 1. The zero-order valence-corrected chi connectivity index (χ0v) is 15.0. The molecule has 0 aliphatic carbocycles. The molecule has 3 aromatic carbocycles. The highest BCUT2D eigenvalue weighted by molar-refractivity contribution is 5.96. The summed E-state index contributed by atoms with van der Waals surface area (Å²) in [6, 6.07) is 23.3. The van der Waals surface area contributed by atoms with E-state index in [1.807, 2.05) is 61.5 Å². The summed E-state index contributed by atoms with van der Waals surface area (Å²) >= 11 is 0. The molecule has 0 saturated carbocycles.